The van der Waals surface area contributed by atoms with E-state index in [1.54, 1.807) is 0 Å². The van der Waals surface area contributed by atoms with Crippen LogP contribution in [0.3, 0.4) is 0 Å². The van der Waals surface area contributed by atoms with Crippen LogP contribution in [0, 0.1) is 0 Å². The molecule has 0 saturated carbocycles. The van der Waals surface area contributed by atoms with Crippen molar-refractivity contribution in [3.8, 4) is 101 Å². The lowest BCUT2D eigenvalue weighted by atomic mass is 9.88. The molecule has 10 rings (SSSR count). The summed E-state index contributed by atoms with van der Waals surface area (Å²) in [5.41, 5.74) is 17.6. The van der Waals surface area contributed by atoms with Gasteiger partial charge in [-0.05, 0) is 179 Å². The minimum atomic E-state index is 0.888. The number of rotatable bonds is 9. The van der Waals surface area contributed by atoms with Crippen molar-refractivity contribution in [2.45, 2.75) is 0 Å². The van der Waals surface area contributed by atoms with Crippen LogP contribution in [0.2, 0.25) is 0 Å². The minimum Gasteiger partial charge on any atom is -0.256 e. The van der Waals surface area contributed by atoms with Gasteiger partial charge in [0.25, 0.3) is 0 Å². The molecule has 60 heavy (non-hydrogen) atoms. The molecule has 0 atom stereocenters. The molecule has 0 unspecified atom stereocenters. The number of pyridine rings is 6. The summed E-state index contributed by atoms with van der Waals surface area (Å²) < 4.78 is 0. The Balaban J connectivity index is 1.24. The van der Waals surface area contributed by atoms with Gasteiger partial charge < -0.3 is 0 Å². The molecular formula is C54H36N6. The molecule has 4 aromatic carbocycles. The highest BCUT2D eigenvalue weighted by molar-refractivity contribution is 5.89. The maximum atomic E-state index is 4.76. The molecule has 10 aromatic rings. The van der Waals surface area contributed by atoms with Crippen molar-refractivity contribution >= 4 is 0 Å². The van der Waals surface area contributed by atoms with Gasteiger partial charge in [0.15, 0.2) is 0 Å². The Bertz CT molecular complexity index is 2530. The molecule has 6 aromatic heterocycles. The van der Waals surface area contributed by atoms with E-state index >= 15 is 0 Å². The molecule has 0 amide bonds. The summed E-state index contributed by atoms with van der Waals surface area (Å²) in [4.78, 5) is 28.6. The van der Waals surface area contributed by atoms with Crippen LogP contribution in [0.5, 0.6) is 0 Å². The first-order valence-corrected chi connectivity index (χ1v) is 19.8. The largest absolute Gasteiger partial charge is 0.256 e. The Morgan fingerprint density at radius 1 is 0.167 bits per heavy atom. The quantitative estimate of drug-likeness (QED) is 0.145. The molecule has 6 heteroatoms. The summed E-state index contributed by atoms with van der Waals surface area (Å²) in [7, 11) is 0. The van der Waals surface area contributed by atoms with Crippen LogP contribution in [-0.4, -0.2) is 29.9 Å². The van der Waals surface area contributed by atoms with Crippen LogP contribution >= 0.6 is 0 Å². The fraction of sp³-hybridized carbons (Fsp3) is 0. The monoisotopic (exact) mass is 768 g/mol. The Kier molecular flexibility index (Phi) is 9.84. The predicted molar refractivity (Wildman–Crippen MR) is 242 cm³/mol. The second kappa shape index (κ2) is 16.3. The topological polar surface area (TPSA) is 77.3 Å². The molecular weight excluding hydrogens is 733 g/mol. The zero-order valence-electron chi connectivity index (χ0n) is 32.5. The molecule has 0 fully saturated rings. The second-order valence-electron chi connectivity index (χ2n) is 14.5. The van der Waals surface area contributed by atoms with Gasteiger partial charge in [0.2, 0.25) is 0 Å². The van der Waals surface area contributed by atoms with Gasteiger partial charge in [-0.2, -0.15) is 0 Å². The van der Waals surface area contributed by atoms with E-state index in [0.717, 1.165) is 101 Å². The third kappa shape index (κ3) is 7.73. The maximum Gasteiger partial charge on any atom is 0.0702 e. The summed E-state index contributed by atoms with van der Waals surface area (Å²) in [5, 5.41) is 0. The maximum absolute atomic E-state index is 4.76. The molecule has 6 nitrogen and oxygen atoms in total. The number of benzene rings is 4. The van der Waals surface area contributed by atoms with Gasteiger partial charge >= 0.3 is 0 Å². The van der Waals surface area contributed by atoms with Gasteiger partial charge in [-0.15, -0.1) is 0 Å². The van der Waals surface area contributed by atoms with Crippen LogP contribution < -0.4 is 0 Å². The van der Waals surface area contributed by atoms with E-state index < -0.39 is 0 Å². The fourth-order valence-electron chi connectivity index (χ4n) is 7.60. The van der Waals surface area contributed by atoms with Crippen LogP contribution in [-0.2, 0) is 0 Å². The molecule has 0 saturated heterocycles. The van der Waals surface area contributed by atoms with Crippen molar-refractivity contribution in [1.29, 1.82) is 0 Å². The van der Waals surface area contributed by atoms with E-state index in [0.29, 0.717) is 0 Å². The standard InChI is InChI=1S/C54H36N6/c1-7-19-55-49(13-1)43-28-40(29-44(34-43)50-14-2-8-20-56-50)37-25-38(41-30-45(51-15-3-9-21-57-51)35-46(31-41)52-16-4-10-22-58-52)27-39(26-37)42-32-47(53-17-5-11-23-59-53)36-48(33-42)54-18-6-12-24-60-54/h1-36H. The minimum absolute atomic E-state index is 0.888. The average molecular weight is 769 g/mol. The third-order valence-electron chi connectivity index (χ3n) is 10.5. The highest BCUT2D eigenvalue weighted by atomic mass is 14.7. The van der Waals surface area contributed by atoms with Crippen molar-refractivity contribution in [3.05, 3.63) is 219 Å². The average Bonchev–Trinajstić information content (AvgIpc) is 3.35. The molecule has 0 spiro atoms. The van der Waals surface area contributed by atoms with Crippen LogP contribution in [0.25, 0.3) is 101 Å². The van der Waals surface area contributed by atoms with Gasteiger partial charge in [0, 0.05) is 70.6 Å². The second-order valence-corrected chi connectivity index (χ2v) is 14.5. The molecule has 282 valence electrons. The highest BCUT2D eigenvalue weighted by Gasteiger charge is 2.16. The normalized spacial score (nSPS) is 11.0. The molecule has 0 bridgehead atoms. The summed E-state index contributed by atoms with van der Waals surface area (Å²) in [6, 6.07) is 62.8. The number of hydrogen-bond donors (Lipinski definition) is 0. The van der Waals surface area contributed by atoms with Gasteiger partial charge in [0.05, 0.1) is 34.2 Å². The van der Waals surface area contributed by atoms with E-state index in [9.17, 15) is 0 Å². The first kappa shape index (κ1) is 36.1. The van der Waals surface area contributed by atoms with E-state index in [4.69, 9.17) is 29.9 Å². The summed E-state index contributed by atoms with van der Waals surface area (Å²) in [6.07, 6.45) is 11.0. The lowest BCUT2D eigenvalue weighted by Crippen LogP contribution is -1.93. The molecule has 0 aliphatic heterocycles. The van der Waals surface area contributed by atoms with Gasteiger partial charge in [-0.25, -0.2) is 0 Å². The number of nitrogens with zero attached hydrogens (tertiary/aromatic N) is 6. The van der Waals surface area contributed by atoms with E-state index in [-0.39, 0.29) is 0 Å². The Labute approximate surface area is 348 Å². The summed E-state index contributed by atoms with van der Waals surface area (Å²) in [6.45, 7) is 0. The van der Waals surface area contributed by atoms with Crippen molar-refractivity contribution < 1.29 is 0 Å². The highest BCUT2D eigenvalue weighted by Crippen LogP contribution is 2.40. The zero-order chi connectivity index (χ0) is 40.1. The molecule has 6 heterocycles. The van der Waals surface area contributed by atoms with E-state index in [1.165, 1.54) is 0 Å². The Hall–Kier alpha value is -8.22. The van der Waals surface area contributed by atoms with Crippen molar-refractivity contribution in [3.63, 3.8) is 0 Å². The molecule has 0 aliphatic rings. The number of hydrogen-bond acceptors (Lipinski definition) is 6. The summed E-state index contributed by atoms with van der Waals surface area (Å²) >= 11 is 0. The zero-order valence-corrected chi connectivity index (χ0v) is 32.5. The van der Waals surface area contributed by atoms with Crippen LogP contribution in [0.4, 0.5) is 0 Å². The van der Waals surface area contributed by atoms with Crippen molar-refractivity contribution in [2.75, 3.05) is 0 Å². The Morgan fingerprint density at radius 2 is 0.317 bits per heavy atom. The Morgan fingerprint density at radius 3 is 0.467 bits per heavy atom. The third-order valence-corrected chi connectivity index (χ3v) is 10.5. The van der Waals surface area contributed by atoms with Crippen molar-refractivity contribution in [2.24, 2.45) is 0 Å². The molecule has 0 aliphatic carbocycles. The lowest BCUT2D eigenvalue weighted by molar-refractivity contribution is 1.31. The number of aromatic nitrogens is 6. The fourth-order valence-corrected chi connectivity index (χ4v) is 7.60. The van der Waals surface area contributed by atoms with Crippen molar-refractivity contribution in [1.82, 2.24) is 29.9 Å². The van der Waals surface area contributed by atoms with Crippen LogP contribution in [0.15, 0.2) is 219 Å². The molecule has 0 N–H and O–H groups in total. The van der Waals surface area contributed by atoms with E-state index in [1.807, 2.05) is 146 Å². The first-order chi connectivity index (χ1) is 29.7. The van der Waals surface area contributed by atoms with Gasteiger partial charge in [0.1, 0.15) is 0 Å². The first-order valence-electron chi connectivity index (χ1n) is 19.8. The van der Waals surface area contributed by atoms with Gasteiger partial charge in [-0.3, -0.25) is 29.9 Å². The van der Waals surface area contributed by atoms with Gasteiger partial charge in [-0.1, -0.05) is 36.4 Å². The molecule has 0 radical (unpaired) electrons. The predicted octanol–water partition coefficient (Wildman–Crippen LogP) is 13.1. The summed E-state index contributed by atoms with van der Waals surface area (Å²) in [5.74, 6) is 0. The van der Waals surface area contributed by atoms with E-state index in [2.05, 4.69) is 72.8 Å². The SMILES string of the molecule is c1ccc(-c2cc(-c3cc(-c4cc(-c5ccccn5)cc(-c5ccccn5)c4)cc(-c4cc(-c5ccccn5)cc(-c5ccccn5)c4)c3)cc(-c3ccccn3)c2)nc1. The lowest BCUT2D eigenvalue weighted by Gasteiger charge is -2.16. The smallest absolute Gasteiger partial charge is 0.0702 e. The van der Waals surface area contributed by atoms with Crippen LogP contribution in [0.1, 0.15) is 0 Å².